The van der Waals surface area contributed by atoms with E-state index >= 15 is 0 Å². The van der Waals surface area contributed by atoms with Gasteiger partial charge in [0.15, 0.2) is 0 Å². The van der Waals surface area contributed by atoms with Gasteiger partial charge in [-0.2, -0.15) is 4.99 Å². The molecule has 3 nitrogen and oxygen atoms in total. The van der Waals surface area contributed by atoms with Crippen LogP contribution in [0.25, 0.3) is 0 Å². The Kier molecular flexibility index (Phi) is 4.54. The monoisotopic (exact) mass is 302 g/mol. The first kappa shape index (κ1) is 13.7. The summed E-state index contributed by atoms with van der Waals surface area (Å²) in [5, 5.41) is 4.85. The molecule has 1 aliphatic rings. The van der Waals surface area contributed by atoms with Gasteiger partial charge in [0, 0.05) is 28.3 Å². The van der Waals surface area contributed by atoms with Gasteiger partial charge in [-0.1, -0.05) is 29.3 Å². The Morgan fingerprint density at radius 3 is 2.94 bits per heavy atom. The number of nitrogens with one attached hydrogen (secondary N) is 1. The Morgan fingerprint density at radius 2 is 2.28 bits per heavy atom. The third-order valence-electron chi connectivity index (χ3n) is 2.49. The zero-order valence-corrected chi connectivity index (χ0v) is 12.1. The van der Waals surface area contributed by atoms with Gasteiger partial charge in [-0.3, -0.25) is 0 Å². The van der Waals surface area contributed by atoms with E-state index in [9.17, 15) is 4.79 Å². The van der Waals surface area contributed by atoms with E-state index in [1.807, 2.05) is 13.0 Å². The smallest absolute Gasteiger partial charge is 0.333 e. The van der Waals surface area contributed by atoms with Gasteiger partial charge >= 0.3 is 6.03 Å². The number of hydrogen-bond donors (Lipinski definition) is 1. The van der Waals surface area contributed by atoms with Crippen LogP contribution in [0, 0.1) is 0 Å². The summed E-state index contributed by atoms with van der Waals surface area (Å²) >= 11 is 13.5. The molecule has 2 amide bonds. The molecule has 96 valence electrons. The van der Waals surface area contributed by atoms with Gasteiger partial charge in [0.25, 0.3) is 0 Å². The molecule has 2 rings (SSSR count). The van der Waals surface area contributed by atoms with Crippen LogP contribution in [0.15, 0.2) is 23.2 Å². The van der Waals surface area contributed by atoms with Crippen molar-refractivity contribution in [3.8, 4) is 0 Å². The van der Waals surface area contributed by atoms with Crippen molar-refractivity contribution >= 4 is 46.0 Å². The summed E-state index contributed by atoms with van der Waals surface area (Å²) in [6.07, 6.45) is 0.765. The first-order valence-electron chi connectivity index (χ1n) is 5.49. The lowest BCUT2D eigenvalue weighted by Gasteiger charge is -2.18. The van der Waals surface area contributed by atoms with Gasteiger partial charge in [0.05, 0.1) is 5.04 Å². The lowest BCUT2D eigenvalue weighted by molar-refractivity contribution is 0.245. The van der Waals surface area contributed by atoms with Crippen molar-refractivity contribution in [2.75, 3.05) is 0 Å². The summed E-state index contributed by atoms with van der Waals surface area (Å²) in [4.78, 5) is 15.2. The topological polar surface area (TPSA) is 41.5 Å². The molecule has 0 bridgehead atoms. The molecular weight excluding hydrogens is 291 g/mol. The predicted molar refractivity (Wildman–Crippen MR) is 77.8 cm³/mol. The highest BCUT2D eigenvalue weighted by molar-refractivity contribution is 8.13. The number of halogens is 2. The van der Waals surface area contributed by atoms with Crippen molar-refractivity contribution < 1.29 is 4.79 Å². The minimum atomic E-state index is -0.265. The number of carbonyl (C=O) groups is 1. The highest BCUT2D eigenvalue weighted by Gasteiger charge is 2.17. The number of carbonyl (C=O) groups excluding carboxylic acids is 1. The van der Waals surface area contributed by atoms with Crippen molar-refractivity contribution in [1.29, 1.82) is 0 Å². The summed E-state index contributed by atoms with van der Waals surface area (Å²) in [6.45, 7) is 1.96. The van der Waals surface area contributed by atoms with Crippen LogP contribution in [-0.4, -0.2) is 17.1 Å². The Bertz CT molecular complexity index is 505. The van der Waals surface area contributed by atoms with E-state index in [0.29, 0.717) is 15.8 Å². The van der Waals surface area contributed by atoms with Gasteiger partial charge in [-0.05, 0) is 24.6 Å². The maximum absolute atomic E-state index is 11.3. The quantitative estimate of drug-likeness (QED) is 0.892. The average molecular weight is 303 g/mol. The van der Waals surface area contributed by atoms with Crippen LogP contribution in [0.4, 0.5) is 4.79 Å². The van der Waals surface area contributed by atoms with Crippen molar-refractivity contribution in [2.45, 2.75) is 25.1 Å². The summed E-state index contributed by atoms with van der Waals surface area (Å²) in [7, 11) is 0. The number of nitrogens with zero attached hydrogens (tertiary/aromatic N) is 1. The normalized spacial score (nSPS) is 19.4. The van der Waals surface area contributed by atoms with Crippen molar-refractivity contribution in [2.24, 2.45) is 4.99 Å². The number of aliphatic imine (C=N–C) groups is 1. The fourth-order valence-electron chi connectivity index (χ4n) is 1.61. The van der Waals surface area contributed by atoms with E-state index in [2.05, 4.69) is 10.3 Å². The van der Waals surface area contributed by atoms with Gasteiger partial charge in [-0.25, -0.2) is 4.79 Å². The fraction of sp³-hybridized carbons (Fsp3) is 0.333. The second-order valence-electron chi connectivity index (χ2n) is 4.08. The molecule has 1 atom stereocenters. The molecule has 0 fully saturated rings. The molecule has 0 saturated heterocycles. The van der Waals surface area contributed by atoms with Crippen molar-refractivity contribution in [1.82, 2.24) is 5.32 Å². The molecular formula is C12H12Cl2N2OS. The number of urea groups is 1. The number of benzene rings is 1. The highest BCUT2D eigenvalue weighted by Crippen LogP contribution is 2.26. The summed E-state index contributed by atoms with van der Waals surface area (Å²) < 4.78 is 0. The van der Waals surface area contributed by atoms with Crippen LogP contribution in [0.5, 0.6) is 0 Å². The Balaban J connectivity index is 2.01. The molecule has 0 aromatic heterocycles. The first-order chi connectivity index (χ1) is 8.54. The van der Waals surface area contributed by atoms with Gasteiger partial charge < -0.3 is 5.32 Å². The molecule has 1 heterocycles. The molecule has 0 radical (unpaired) electrons. The Morgan fingerprint density at radius 1 is 1.50 bits per heavy atom. The predicted octanol–water partition coefficient (Wildman–Crippen LogP) is 4.13. The van der Waals surface area contributed by atoms with Gasteiger partial charge in [-0.15, -0.1) is 11.8 Å². The van der Waals surface area contributed by atoms with E-state index < -0.39 is 0 Å². The molecule has 18 heavy (non-hydrogen) atoms. The minimum Gasteiger partial charge on any atom is -0.333 e. The second-order valence-corrected chi connectivity index (χ2v) is 5.98. The molecule has 1 N–H and O–H groups in total. The molecule has 1 aliphatic heterocycles. The van der Waals surface area contributed by atoms with Gasteiger partial charge in [0.1, 0.15) is 0 Å². The largest absolute Gasteiger partial charge is 0.341 e. The number of hydrogen-bond acceptors (Lipinski definition) is 2. The second kappa shape index (κ2) is 5.95. The van der Waals surface area contributed by atoms with Crippen LogP contribution in [0.2, 0.25) is 10.0 Å². The van der Waals surface area contributed by atoms with Crippen LogP contribution in [0.3, 0.4) is 0 Å². The average Bonchev–Trinajstić information content (AvgIpc) is 2.26. The third kappa shape index (κ3) is 3.64. The SMILES string of the molecule is CC1CC(SCc2ccc(Cl)cc2Cl)=NC(=O)N1. The van der Waals surface area contributed by atoms with E-state index in [-0.39, 0.29) is 12.1 Å². The molecule has 0 spiro atoms. The molecule has 1 aromatic rings. The fourth-order valence-corrected chi connectivity index (χ4v) is 3.25. The van der Waals surface area contributed by atoms with Gasteiger partial charge in [0.2, 0.25) is 0 Å². The van der Waals surface area contributed by atoms with Crippen LogP contribution in [-0.2, 0) is 5.75 Å². The van der Waals surface area contributed by atoms with Crippen molar-refractivity contribution in [3.05, 3.63) is 33.8 Å². The zero-order valence-electron chi connectivity index (χ0n) is 9.74. The molecule has 0 saturated carbocycles. The highest BCUT2D eigenvalue weighted by atomic mass is 35.5. The lowest BCUT2D eigenvalue weighted by atomic mass is 10.2. The first-order valence-corrected chi connectivity index (χ1v) is 7.23. The lowest BCUT2D eigenvalue weighted by Crippen LogP contribution is -2.36. The maximum atomic E-state index is 11.3. The molecule has 1 aromatic carbocycles. The summed E-state index contributed by atoms with van der Waals surface area (Å²) in [5.41, 5.74) is 0.993. The number of rotatable bonds is 2. The zero-order chi connectivity index (χ0) is 13.1. The maximum Gasteiger partial charge on any atom is 0.341 e. The van der Waals surface area contributed by atoms with Crippen LogP contribution >= 0.6 is 35.0 Å². The van der Waals surface area contributed by atoms with E-state index in [0.717, 1.165) is 17.0 Å². The standard InChI is InChI=1S/C12H12Cl2N2OS/c1-7-4-11(16-12(17)15-7)18-6-8-2-3-9(13)5-10(8)14/h2-3,5,7H,4,6H2,1H3,(H,15,17). The third-order valence-corrected chi connectivity index (χ3v) is 4.12. The van der Waals surface area contributed by atoms with E-state index in [1.165, 1.54) is 11.8 Å². The van der Waals surface area contributed by atoms with Crippen molar-refractivity contribution in [3.63, 3.8) is 0 Å². The molecule has 0 aliphatic carbocycles. The van der Waals surface area contributed by atoms with E-state index in [1.54, 1.807) is 12.1 Å². The number of amides is 2. The number of thioether (sulfide) groups is 1. The summed E-state index contributed by atoms with van der Waals surface area (Å²) in [6, 6.07) is 5.29. The van der Waals surface area contributed by atoms with E-state index in [4.69, 9.17) is 23.2 Å². The molecule has 1 unspecified atom stereocenters. The Hall–Kier alpha value is -0.710. The van der Waals surface area contributed by atoms with Crippen LogP contribution in [0.1, 0.15) is 18.9 Å². The van der Waals surface area contributed by atoms with Crippen LogP contribution < -0.4 is 5.32 Å². The minimum absolute atomic E-state index is 0.137. The summed E-state index contributed by atoms with van der Waals surface area (Å²) in [5.74, 6) is 0.689. The molecule has 6 heteroatoms. The Labute approximate surface area is 120 Å².